The van der Waals surface area contributed by atoms with Gasteiger partial charge in [-0.3, -0.25) is 10.1 Å². The lowest BCUT2D eigenvalue weighted by Gasteiger charge is -2.03. The van der Waals surface area contributed by atoms with Crippen LogP contribution >= 0.6 is 29.3 Å². The van der Waals surface area contributed by atoms with Gasteiger partial charge in [0.15, 0.2) is 0 Å². The maximum absolute atomic E-state index is 11.0. The van der Waals surface area contributed by atoms with Crippen LogP contribution in [0.25, 0.3) is 0 Å². The zero-order valence-corrected chi connectivity index (χ0v) is 8.99. The Morgan fingerprint density at radius 3 is 2.50 bits per heavy atom. The second-order valence-corrected chi connectivity index (χ2v) is 8.99. The third-order valence-electron chi connectivity index (χ3n) is 1.26. The van der Waals surface area contributed by atoms with Crippen LogP contribution in [-0.4, -0.2) is 0 Å². The van der Waals surface area contributed by atoms with Gasteiger partial charge in [0.05, 0.1) is 0 Å². The molecule has 0 amide bonds. The molecule has 2 N–H and O–H groups in total. The quantitative estimate of drug-likeness (QED) is 0.606. The Balaban J connectivity index is 2.50. The molecule has 0 aliphatic rings. The summed E-state index contributed by atoms with van der Waals surface area (Å²) in [6, 6.07) is 9.76. The van der Waals surface area contributed by atoms with Crippen molar-refractivity contribution >= 4 is 29.3 Å². The van der Waals surface area contributed by atoms with Crippen LogP contribution in [0.2, 0.25) is 0 Å². The largest absolute Gasteiger partial charge is 0.283 e. The van der Waals surface area contributed by atoms with E-state index in [1.165, 1.54) is 11.4 Å². The van der Waals surface area contributed by atoms with Gasteiger partial charge in [-0.05, 0) is 5.56 Å². The molecule has 0 aromatic heterocycles. The lowest BCUT2D eigenvalue weighted by molar-refractivity contribution is 0.595. The van der Waals surface area contributed by atoms with Crippen molar-refractivity contribution in [2.75, 3.05) is 0 Å². The van der Waals surface area contributed by atoms with Gasteiger partial charge in [0, 0.05) is 5.75 Å². The van der Waals surface area contributed by atoms with E-state index in [4.69, 9.17) is 5.50 Å². The zero-order valence-electron chi connectivity index (χ0n) is 6.38. The van der Waals surface area contributed by atoms with Crippen LogP contribution in [0.15, 0.2) is 30.3 Å². The van der Waals surface area contributed by atoms with Crippen LogP contribution < -0.4 is 5.50 Å². The van der Waals surface area contributed by atoms with Crippen LogP contribution in [0.5, 0.6) is 0 Å². The van der Waals surface area contributed by atoms with E-state index in [1.54, 1.807) is 0 Å². The summed E-state index contributed by atoms with van der Waals surface area (Å²) in [5.41, 5.74) is 3.66. The summed E-state index contributed by atoms with van der Waals surface area (Å²) in [6.07, 6.45) is 0. The fourth-order valence-corrected chi connectivity index (χ4v) is 2.79. The van der Waals surface area contributed by atoms with Crippen LogP contribution in [0.3, 0.4) is 0 Å². The first-order chi connectivity index (χ1) is 5.58. The number of nitrogens with two attached hydrogens (primary N) is 1. The molecule has 1 rings (SSSR count). The van der Waals surface area contributed by atoms with E-state index < -0.39 is 5.70 Å². The molecule has 66 valence electrons. The van der Waals surface area contributed by atoms with Gasteiger partial charge in [-0.25, -0.2) is 0 Å². The third-order valence-corrected chi connectivity index (χ3v) is 4.63. The highest BCUT2D eigenvalue weighted by Crippen LogP contribution is 2.56. The number of benzene rings is 1. The summed E-state index contributed by atoms with van der Waals surface area (Å²) in [5.74, 6) is 0.651. The zero-order chi connectivity index (χ0) is 9.03. The normalized spacial score (nSPS) is 15.5. The molecule has 0 spiro atoms. The van der Waals surface area contributed by atoms with E-state index >= 15 is 0 Å². The first kappa shape index (κ1) is 10.2. The molecule has 0 heterocycles. The van der Waals surface area contributed by atoms with Crippen LogP contribution in [0.4, 0.5) is 0 Å². The molecule has 0 aliphatic heterocycles. The summed E-state index contributed by atoms with van der Waals surface area (Å²) in [7, 11) is 0. The fraction of sp³-hybridized carbons (Fsp3) is 0.143. The van der Waals surface area contributed by atoms with Crippen molar-refractivity contribution in [3.8, 4) is 0 Å². The van der Waals surface area contributed by atoms with Gasteiger partial charge in [0.2, 0.25) is 5.70 Å². The summed E-state index contributed by atoms with van der Waals surface area (Å²) in [4.78, 5) is 0. The van der Waals surface area contributed by atoms with Gasteiger partial charge in [-0.15, -0.1) is 0 Å². The Kier molecular flexibility index (Phi) is 3.72. The summed E-state index contributed by atoms with van der Waals surface area (Å²) < 4.78 is 11.0. The standard InChI is InChI=1S/C7H10NOPS2/c8-10(9,11)12-6-7-4-2-1-3-5-7/h1-5H,6H2,(H3,8,9,11). The molecule has 0 aliphatic carbocycles. The molecular weight excluding hydrogens is 209 g/mol. The van der Waals surface area contributed by atoms with E-state index in [0.29, 0.717) is 5.75 Å². The maximum Gasteiger partial charge on any atom is 0.249 e. The molecule has 0 saturated heterocycles. The Morgan fingerprint density at radius 2 is 2.00 bits per heavy atom. The molecule has 0 radical (unpaired) electrons. The average molecular weight is 219 g/mol. The maximum atomic E-state index is 11.0. The monoisotopic (exact) mass is 219 g/mol. The molecule has 0 saturated carbocycles. The van der Waals surface area contributed by atoms with Gasteiger partial charge in [-0.2, -0.15) is 0 Å². The number of rotatable bonds is 3. The summed E-state index contributed by atoms with van der Waals surface area (Å²) in [6.45, 7) is 0. The minimum absolute atomic E-state index is 0.651. The van der Waals surface area contributed by atoms with E-state index in [0.717, 1.165) is 5.56 Å². The predicted molar refractivity (Wildman–Crippen MR) is 58.5 cm³/mol. The molecule has 1 atom stereocenters. The van der Waals surface area contributed by atoms with Crippen molar-refractivity contribution in [3.63, 3.8) is 0 Å². The molecule has 1 aromatic rings. The second-order valence-electron chi connectivity index (χ2n) is 2.32. The molecule has 1 unspecified atom stereocenters. The van der Waals surface area contributed by atoms with E-state index in [-0.39, 0.29) is 0 Å². The molecule has 5 heteroatoms. The molecule has 12 heavy (non-hydrogen) atoms. The van der Waals surface area contributed by atoms with Crippen molar-refractivity contribution in [1.82, 2.24) is 0 Å². The van der Waals surface area contributed by atoms with Crippen molar-refractivity contribution in [1.29, 1.82) is 0 Å². The topological polar surface area (TPSA) is 43.1 Å². The first-order valence-electron chi connectivity index (χ1n) is 3.38. The first-order valence-corrected chi connectivity index (χ1v) is 7.90. The average Bonchev–Trinajstić information content (AvgIpc) is 2.02. The van der Waals surface area contributed by atoms with Gasteiger partial charge in [-0.1, -0.05) is 54.0 Å². The van der Waals surface area contributed by atoms with Gasteiger partial charge in [0.1, 0.15) is 0 Å². The van der Waals surface area contributed by atoms with Gasteiger partial charge in [0.25, 0.3) is 0 Å². The van der Waals surface area contributed by atoms with E-state index in [2.05, 4.69) is 12.2 Å². The minimum atomic E-state index is -2.72. The number of hydrogen-bond acceptors (Lipinski definition) is 2. The highest BCUT2D eigenvalue weighted by atomic mass is 33.1. The second kappa shape index (κ2) is 4.38. The highest BCUT2D eigenvalue weighted by Gasteiger charge is 2.08. The Hall–Kier alpha value is 0.110. The fourth-order valence-electron chi connectivity index (χ4n) is 0.741. The Bertz CT molecular complexity index is 285. The SMILES string of the molecule is NP(=O)(S)SCc1ccccc1. The number of thiol groups is 1. The third kappa shape index (κ3) is 4.21. The predicted octanol–water partition coefficient (Wildman–Crippen LogP) is 2.92. The Morgan fingerprint density at radius 1 is 1.42 bits per heavy atom. The lowest BCUT2D eigenvalue weighted by atomic mass is 10.2. The highest BCUT2D eigenvalue weighted by molar-refractivity contribution is 8.85. The van der Waals surface area contributed by atoms with Crippen LogP contribution in [-0.2, 0) is 10.3 Å². The molecule has 1 aromatic carbocycles. The summed E-state index contributed by atoms with van der Waals surface area (Å²) >= 11 is 4.97. The van der Waals surface area contributed by atoms with E-state index in [9.17, 15) is 4.57 Å². The van der Waals surface area contributed by atoms with Crippen LogP contribution in [0, 0.1) is 0 Å². The number of hydrogen-bond donors (Lipinski definition) is 2. The van der Waals surface area contributed by atoms with Gasteiger partial charge >= 0.3 is 0 Å². The Labute approximate surface area is 81.3 Å². The van der Waals surface area contributed by atoms with Crippen molar-refractivity contribution in [3.05, 3.63) is 35.9 Å². The molecular formula is C7H10NOPS2. The molecule has 0 bridgehead atoms. The molecule has 0 fully saturated rings. The smallest absolute Gasteiger partial charge is 0.249 e. The minimum Gasteiger partial charge on any atom is -0.283 e. The van der Waals surface area contributed by atoms with Gasteiger partial charge < -0.3 is 0 Å². The molecule has 2 nitrogen and oxygen atoms in total. The summed E-state index contributed by atoms with van der Waals surface area (Å²) in [5, 5.41) is 0. The van der Waals surface area contributed by atoms with Crippen molar-refractivity contribution < 1.29 is 4.57 Å². The van der Waals surface area contributed by atoms with Crippen molar-refractivity contribution in [2.24, 2.45) is 5.50 Å². The lowest BCUT2D eigenvalue weighted by Crippen LogP contribution is -1.83. The van der Waals surface area contributed by atoms with Crippen molar-refractivity contribution in [2.45, 2.75) is 5.75 Å². The van der Waals surface area contributed by atoms with Crippen LogP contribution in [0.1, 0.15) is 5.56 Å². The van der Waals surface area contributed by atoms with E-state index in [1.807, 2.05) is 30.3 Å².